The van der Waals surface area contributed by atoms with Gasteiger partial charge in [-0.25, -0.2) is 0 Å². The van der Waals surface area contributed by atoms with E-state index in [2.05, 4.69) is 4.98 Å². The van der Waals surface area contributed by atoms with Crippen molar-refractivity contribution in [2.45, 2.75) is 6.92 Å². The molecule has 2 aromatic rings. The number of ether oxygens (including phenoxy) is 1. The summed E-state index contributed by atoms with van der Waals surface area (Å²) in [5.74, 6) is 1.38. The molecule has 0 fully saturated rings. The summed E-state index contributed by atoms with van der Waals surface area (Å²) in [6.07, 6.45) is 1.73. The summed E-state index contributed by atoms with van der Waals surface area (Å²) in [6.45, 7) is 1.90. The molecule has 0 amide bonds. The Morgan fingerprint density at radius 1 is 1.07 bits per heavy atom. The van der Waals surface area contributed by atoms with Gasteiger partial charge in [-0.1, -0.05) is 23.7 Å². The standard InChI is InChI=1S/C12H10ClNO/c1-9-11(7-4-8-14-9)15-12-6-3-2-5-10(12)13/h2-8H,1H3. The molecule has 0 aliphatic carbocycles. The number of para-hydroxylation sites is 1. The number of rotatable bonds is 2. The molecule has 76 valence electrons. The molecule has 0 spiro atoms. The largest absolute Gasteiger partial charge is 0.454 e. The van der Waals surface area contributed by atoms with Crippen molar-refractivity contribution in [2.75, 3.05) is 0 Å². The van der Waals surface area contributed by atoms with Gasteiger partial charge >= 0.3 is 0 Å². The first kappa shape index (κ1) is 9.99. The molecule has 0 aliphatic heterocycles. The number of pyridine rings is 1. The molecule has 0 saturated carbocycles. The fourth-order valence-electron chi connectivity index (χ4n) is 1.22. The van der Waals surface area contributed by atoms with E-state index in [1.165, 1.54) is 0 Å². The SMILES string of the molecule is Cc1ncccc1Oc1ccccc1Cl. The summed E-state index contributed by atoms with van der Waals surface area (Å²) < 4.78 is 5.65. The molecule has 0 bridgehead atoms. The Kier molecular flexibility index (Phi) is 2.88. The van der Waals surface area contributed by atoms with E-state index < -0.39 is 0 Å². The maximum atomic E-state index is 5.98. The van der Waals surface area contributed by atoms with Crippen LogP contribution < -0.4 is 4.74 Å². The minimum Gasteiger partial charge on any atom is -0.454 e. The van der Waals surface area contributed by atoms with E-state index in [0.29, 0.717) is 10.8 Å². The zero-order valence-corrected chi connectivity index (χ0v) is 9.03. The Balaban J connectivity index is 2.30. The molecule has 2 nitrogen and oxygen atoms in total. The van der Waals surface area contributed by atoms with Gasteiger partial charge in [0.05, 0.1) is 10.7 Å². The van der Waals surface area contributed by atoms with Crippen LogP contribution in [0.15, 0.2) is 42.6 Å². The van der Waals surface area contributed by atoms with E-state index in [1.54, 1.807) is 12.3 Å². The van der Waals surface area contributed by atoms with Gasteiger partial charge in [-0.15, -0.1) is 0 Å². The van der Waals surface area contributed by atoms with Crippen molar-refractivity contribution < 1.29 is 4.74 Å². The van der Waals surface area contributed by atoms with Crippen LogP contribution in [0.1, 0.15) is 5.69 Å². The van der Waals surface area contributed by atoms with Gasteiger partial charge in [0.15, 0.2) is 0 Å². The van der Waals surface area contributed by atoms with Gasteiger partial charge in [-0.05, 0) is 31.2 Å². The van der Waals surface area contributed by atoms with Crippen LogP contribution in [-0.4, -0.2) is 4.98 Å². The molecule has 1 heterocycles. The fourth-order valence-corrected chi connectivity index (χ4v) is 1.40. The number of nitrogens with zero attached hydrogens (tertiary/aromatic N) is 1. The lowest BCUT2D eigenvalue weighted by atomic mass is 10.3. The van der Waals surface area contributed by atoms with Gasteiger partial charge < -0.3 is 4.74 Å². The Labute approximate surface area is 93.5 Å². The van der Waals surface area contributed by atoms with E-state index >= 15 is 0 Å². The lowest BCUT2D eigenvalue weighted by Gasteiger charge is -2.08. The number of aromatic nitrogens is 1. The molecule has 1 aromatic carbocycles. The second-order valence-corrected chi connectivity index (χ2v) is 3.53. The van der Waals surface area contributed by atoms with Crippen molar-refractivity contribution in [3.8, 4) is 11.5 Å². The highest BCUT2D eigenvalue weighted by molar-refractivity contribution is 6.32. The number of aryl methyl sites for hydroxylation is 1. The van der Waals surface area contributed by atoms with Crippen molar-refractivity contribution in [1.82, 2.24) is 4.98 Å². The summed E-state index contributed by atoms with van der Waals surface area (Å²) in [7, 11) is 0. The first-order valence-electron chi connectivity index (χ1n) is 4.61. The molecule has 0 atom stereocenters. The fraction of sp³-hybridized carbons (Fsp3) is 0.0833. The third kappa shape index (κ3) is 2.28. The minimum absolute atomic E-state index is 0.598. The first-order valence-corrected chi connectivity index (χ1v) is 4.99. The van der Waals surface area contributed by atoms with Crippen molar-refractivity contribution in [3.63, 3.8) is 0 Å². The highest BCUT2D eigenvalue weighted by Crippen LogP contribution is 2.29. The molecule has 0 unspecified atom stereocenters. The molecule has 0 radical (unpaired) electrons. The zero-order valence-electron chi connectivity index (χ0n) is 8.27. The normalized spacial score (nSPS) is 10.0. The summed E-state index contributed by atoms with van der Waals surface area (Å²) >= 11 is 5.98. The molecule has 15 heavy (non-hydrogen) atoms. The van der Waals surface area contributed by atoms with Crippen molar-refractivity contribution in [3.05, 3.63) is 53.3 Å². The smallest absolute Gasteiger partial charge is 0.148 e. The highest BCUT2D eigenvalue weighted by Gasteiger charge is 2.03. The van der Waals surface area contributed by atoms with Crippen LogP contribution in [0.5, 0.6) is 11.5 Å². The maximum absolute atomic E-state index is 5.98. The van der Waals surface area contributed by atoms with Crippen LogP contribution in [-0.2, 0) is 0 Å². The lowest BCUT2D eigenvalue weighted by molar-refractivity contribution is 0.476. The Morgan fingerprint density at radius 2 is 1.80 bits per heavy atom. The monoisotopic (exact) mass is 219 g/mol. The van der Waals surface area contributed by atoms with E-state index in [1.807, 2.05) is 37.3 Å². The van der Waals surface area contributed by atoms with Gasteiger partial charge in [0.25, 0.3) is 0 Å². The minimum atomic E-state index is 0.598. The zero-order chi connectivity index (χ0) is 10.7. The second-order valence-electron chi connectivity index (χ2n) is 3.12. The average molecular weight is 220 g/mol. The van der Waals surface area contributed by atoms with Crippen LogP contribution in [0.3, 0.4) is 0 Å². The summed E-state index contributed by atoms with van der Waals surface area (Å²) in [6, 6.07) is 11.1. The van der Waals surface area contributed by atoms with Crippen molar-refractivity contribution >= 4 is 11.6 Å². The van der Waals surface area contributed by atoms with Crippen molar-refractivity contribution in [1.29, 1.82) is 0 Å². The van der Waals surface area contributed by atoms with Gasteiger partial charge in [0.1, 0.15) is 11.5 Å². The number of halogens is 1. The molecule has 0 N–H and O–H groups in total. The highest BCUT2D eigenvalue weighted by atomic mass is 35.5. The topological polar surface area (TPSA) is 22.1 Å². The van der Waals surface area contributed by atoms with Crippen LogP contribution >= 0.6 is 11.6 Å². The molecular weight excluding hydrogens is 210 g/mol. The van der Waals surface area contributed by atoms with Crippen LogP contribution in [0.2, 0.25) is 5.02 Å². The van der Waals surface area contributed by atoms with E-state index in [4.69, 9.17) is 16.3 Å². The first-order chi connectivity index (χ1) is 7.27. The molecule has 2 rings (SSSR count). The molecule has 3 heteroatoms. The van der Waals surface area contributed by atoms with Crippen LogP contribution in [0.25, 0.3) is 0 Å². The Morgan fingerprint density at radius 3 is 2.53 bits per heavy atom. The van der Waals surface area contributed by atoms with E-state index in [-0.39, 0.29) is 0 Å². The predicted molar refractivity (Wildman–Crippen MR) is 60.5 cm³/mol. The second kappa shape index (κ2) is 4.32. The maximum Gasteiger partial charge on any atom is 0.148 e. The molecule has 1 aromatic heterocycles. The van der Waals surface area contributed by atoms with E-state index in [9.17, 15) is 0 Å². The van der Waals surface area contributed by atoms with Crippen LogP contribution in [0, 0.1) is 6.92 Å². The lowest BCUT2D eigenvalue weighted by Crippen LogP contribution is -1.89. The van der Waals surface area contributed by atoms with E-state index in [0.717, 1.165) is 11.4 Å². The number of hydrogen-bond acceptors (Lipinski definition) is 2. The Hall–Kier alpha value is -1.54. The van der Waals surface area contributed by atoms with Crippen molar-refractivity contribution in [2.24, 2.45) is 0 Å². The van der Waals surface area contributed by atoms with Crippen LogP contribution in [0.4, 0.5) is 0 Å². The van der Waals surface area contributed by atoms with Gasteiger partial charge in [0, 0.05) is 6.20 Å². The number of benzene rings is 1. The molecule has 0 aliphatic rings. The third-order valence-electron chi connectivity index (χ3n) is 2.02. The quantitative estimate of drug-likeness (QED) is 0.766. The van der Waals surface area contributed by atoms with Gasteiger partial charge in [0.2, 0.25) is 0 Å². The summed E-state index contributed by atoms with van der Waals surface area (Å²) in [4.78, 5) is 4.14. The third-order valence-corrected chi connectivity index (χ3v) is 2.33. The van der Waals surface area contributed by atoms with Gasteiger partial charge in [-0.3, -0.25) is 4.98 Å². The van der Waals surface area contributed by atoms with Gasteiger partial charge in [-0.2, -0.15) is 0 Å². The summed E-state index contributed by atoms with van der Waals surface area (Å²) in [5.41, 5.74) is 0.845. The molecular formula is C12H10ClNO. The number of hydrogen-bond donors (Lipinski definition) is 0. The Bertz CT molecular complexity index is 427. The summed E-state index contributed by atoms with van der Waals surface area (Å²) in [5, 5.41) is 0.598. The predicted octanol–water partition coefficient (Wildman–Crippen LogP) is 3.84. The average Bonchev–Trinajstić information content (AvgIpc) is 2.24. The molecule has 0 saturated heterocycles.